The molecule has 6 rings (SSSR count). The van der Waals surface area contributed by atoms with Gasteiger partial charge >= 0.3 is 30.1 Å². The molecule has 1 aliphatic heterocycles. The molecule has 1 heterocycles. The number of nitriles is 1. The third-order valence-electron chi connectivity index (χ3n) is 11.6. The highest BCUT2D eigenvalue weighted by Crippen LogP contribution is 2.59. The Labute approximate surface area is 385 Å². The zero-order valence-corrected chi connectivity index (χ0v) is 38.3. The average molecular weight is 954 g/mol. The van der Waals surface area contributed by atoms with E-state index in [4.69, 9.17) is 19.0 Å². The van der Waals surface area contributed by atoms with Crippen LogP contribution in [0.4, 0.5) is 37.7 Å². The Hall–Kier alpha value is -5.86. The van der Waals surface area contributed by atoms with Crippen molar-refractivity contribution in [3.63, 3.8) is 0 Å². The van der Waals surface area contributed by atoms with E-state index in [0.29, 0.717) is 25.1 Å². The predicted octanol–water partition coefficient (Wildman–Crippen LogP) is 10.4. The summed E-state index contributed by atoms with van der Waals surface area (Å²) in [7, 11) is -1.36. The van der Waals surface area contributed by atoms with E-state index in [1.165, 1.54) is 54.6 Å². The molecule has 1 atom stereocenters. The second kappa shape index (κ2) is 20.6. The molecule has 0 saturated carbocycles. The number of hydrogen-bond donors (Lipinski definition) is 3. The van der Waals surface area contributed by atoms with E-state index in [1.54, 1.807) is 37.3 Å². The number of fused-ring (bicyclic) bond motifs is 6. The molecule has 0 aromatic heterocycles. The van der Waals surface area contributed by atoms with E-state index in [1.807, 2.05) is 10.6 Å². The SMILES string of the molecule is CC(C)N(C(C)C)P(OCCC#N)OCCCCCCNC(=O)c1ccc2c(c1)C1(OC2=O)c2ccc(NC(=O)C(F)(F)F)cc2C(C)(c2ccccc2)c2cc(NC(=O)C(F)(F)F)ccc21. The lowest BCUT2D eigenvalue weighted by Gasteiger charge is -2.46. The van der Waals surface area contributed by atoms with Crippen LogP contribution in [0.1, 0.15) is 121 Å². The maximum Gasteiger partial charge on any atom is 0.471 e. The number of carbonyl (C=O) groups excluding carboxylic acids is 4. The minimum absolute atomic E-state index is 0.0481. The number of hydrogen-bond acceptors (Lipinski definition) is 9. The summed E-state index contributed by atoms with van der Waals surface area (Å²) in [6.07, 6.45) is -7.34. The number of nitrogens with one attached hydrogen (secondary N) is 3. The standard InChI is InChI=1S/C48H50F6N5O7P/c1-29(2)59(30(3)4)67(65-25-13-22-55)64-24-12-7-6-11-23-56-41(60)31-16-19-35-38(26-31)46(66-42(35)61)36-20-17-33(57-43(62)47(49,50)51)27-39(36)45(5,32-14-9-8-10-15-32)40-28-34(18-21-37(40)46)58-44(63)48(52,53)54/h8-10,14-21,26-30H,6-7,11-13,23-25H2,1-5H3,(H,56,60)(H,57,62)(H,58,63). The van der Waals surface area contributed by atoms with Crippen LogP contribution in [0.2, 0.25) is 0 Å². The van der Waals surface area contributed by atoms with Gasteiger partial charge in [0.25, 0.3) is 14.4 Å². The van der Waals surface area contributed by atoms with Crippen molar-refractivity contribution in [2.75, 3.05) is 30.4 Å². The van der Waals surface area contributed by atoms with Crippen LogP contribution in [0.15, 0.2) is 84.9 Å². The van der Waals surface area contributed by atoms with Gasteiger partial charge in [-0.3, -0.25) is 14.4 Å². The minimum Gasteiger partial charge on any atom is -0.441 e. The molecule has 4 aromatic carbocycles. The number of esters is 1. The summed E-state index contributed by atoms with van der Waals surface area (Å²) in [5.41, 5.74) is -2.21. The summed E-state index contributed by atoms with van der Waals surface area (Å²) in [4.78, 5) is 52.1. The number of rotatable bonds is 18. The summed E-state index contributed by atoms with van der Waals surface area (Å²) >= 11 is 0. The van der Waals surface area contributed by atoms with E-state index in [2.05, 4.69) is 43.8 Å². The van der Waals surface area contributed by atoms with Gasteiger partial charge in [0, 0.05) is 57.7 Å². The lowest BCUT2D eigenvalue weighted by Crippen LogP contribution is -2.43. The largest absolute Gasteiger partial charge is 0.471 e. The number of ether oxygens (including phenoxy) is 1. The number of carbonyl (C=O) groups is 4. The molecule has 1 aliphatic carbocycles. The van der Waals surface area contributed by atoms with Crippen LogP contribution in [0.25, 0.3) is 0 Å². The van der Waals surface area contributed by atoms with Crippen molar-refractivity contribution in [3.05, 3.63) is 129 Å². The quantitative estimate of drug-likeness (QED) is 0.0382. The molecule has 0 bridgehead atoms. The number of unbranched alkanes of at least 4 members (excludes halogenated alkanes) is 3. The Balaban J connectivity index is 1.30. The molecule has 2 aliphatic rings. The van der Waals surface area contributed by atoms with Crippen LogP contribution in [0.3, 0.4) is 0 Å². The molecule has 356 valence electrons. The van der Waals surface area contributed by atoms with Gasteiger partial charge < -0.3 is 29.7 Å². The normalized spacial score (nSPS) is 18.0. The number of amides is 3. The van der Waals surface area contributed by atoms with Gasteiger partial charge in [-0.25, -0.2) is 9.46 Å². The van der Waals surface area contributed by atoms with Gasteiger partial charge in [-0.05, 0) is 107 Å². The Bertz CT molecular complexity index is 2440. The van der Waals surface area contributed by atoms with Gasteiger partial charge in [0.2, 0.25) is 0 Å². The molecule has 3 amide bonds. The lowest BCUT2D eigenvalue weighted by atomic mass is 9.58. The molecule has 4 aromatic rings. The molecule has 19 heteroatoms. The molecule has 3 N–H and O–H groups in total. The highest BCUT2D eigenvalue weighted by molar-refractivity contribution is 7.44. The number of anilines is 2. The topological polar surface area (TPSA) is 159 Å². The smallest absolute Gasteiger partial charge is 0.441 e. The van der Waals surface area contributed by atoms with Crippen LogP contribution < -0.4 is 16.0 Å². The van der Waals surface area contributed by atoms with Crippen molar-refractivity contribution in [1.82, 2.24) is 9.99 Å². The van der Waals surface area contributed by atoms with Crippen LogP contribution >= 0.6 is 8.53 Å². The van der Waals surface area contributed by atoms with Crippen LogP contribution in [0, 0.1) is 11.3 Å². The van der Waals surface area contributed by atoms with Crippen LogP contribution in [-0.4, -0.2) is 72.6 Å². The molecule has 0 fully saturated rings. The highest BCUT2D eigenvalue weighted by atomic mass is 31.2. The monoisotopic (exact) mass is 953 g/mol. The molecule has 0 radical (unpaired) electrons. The number of nitrogens with zero attached hydrogens (tertiary/aromatic N) is 2. The fraction of sp³-hybridized carbons (Fsp3) is 0.396. The fourth-order valence-corrected chi connectivity index (χ4v) is 10.2. The van der Waals surface area contributed by atoms with E-state index in [0.717, 1.165) is 19.3 Å². The third kappa shape index (κ3) is 10.7. The van der Waals surface area contributed by atoms with E-state index >= 15 is 0 Å². The van der Waals surface area contributed by atoms with Crippen LogP contribution in [-0.2, 0) is 34.4 Å². The second-order valence-corrected chi connectivity index (χ2v) is 18.3. The Morgan fingerprint density at radius 3 is 1.82 bits per heavy atom. The summed E-state index contributed by atoms with van der Waals surface area (Å²) in [6, 6.07) is 23.0. The Morgan fingerprint density at radius 2 is 1.28 bits per heavy atom. The first-order chi connectivity index (χ1) is 31.6. The summed E-state index contributed by atoms with van der Waals surface area (Å²) in [5, 5.41) is 15.6. The average Bonchev–Trinajstić information content (AvgIpc) is 3.57. The van der Waals surface area contributed by atoms with Crippen molar-refractivity contribution in [2.45, 2.75) is 102 Å². The summed E-state index contributed by atoms with van der Waals surface area (Å²) < 4.78 is 102. The first-order valence-corrected chi connectivity index (χ1v) is 22.8. The van der Waals surface area contributed by atoms with Gasteiger partial charge in [0.15, 0.2) is 5.60 Å². The molecule has 0 saturated heterocycles. The molecular formula is C48H50F6N5O7P. The van der Waals surface area contributed by atoms with Crippen molar-refractivity contribution in [1.29, 1.82) is 5.26 Å². The molecular weight excluding hydrogens is 904 g/mol. The molecule has 1 spiro atoms. The minimum atomic E-state index is -5.26. The molecule has 12 nitrogen and oxygen atoms in total. The second-order valence-electron chi connectivity index (χ2n) is 16.8. The first kappa shape index (κ1) is 50.6. The maximum absolute atomic E-state index is 13.9. The number of halogens is 6. The van der Waals surface area contributed by atoms with E-state index in [9.17, 15) is 45.5 Å². The van der Waals surface area contributed by atoms with Gasteiger partial charge in [0.05, 0.1) is 31.3 Å². The van der Waals surface area contributed by atoms with Crippen molar-refractivity contribution < 1.29 is 59.3 Å². The zero-order chi connectivity index (χ0) is 48.9. The first-order valence-electron chi connectivity index (χ1n) is 21.6. The molecule has 67 heavy (non-hydrogen) atoms. The van der Waals surface area contributed by atoms with Crippen molar-refractivity contribution in [2.24, 2.45) is 0 Å². The maximum atomic E-state index is 13.9. The Morgan fingerprint density at radius 1 is 0.731 bits per heavy atom. The van der Waals surface area contributed by atoms with Crippen LogP contribution in [0.5, 0.6) is 0 Å². The molecule has 1 unspecified atom stereocenters. The number of alkyl halides is 6. The summed E-state index contributed by atoms with van der Waals surface area (Å²) in [6.45, 7) is 10.9. The van der Waals surface area contributed by atoms with Gasteiger partial charge in [0.1, 0.15) is 0 Å². The van der Waals surface area contributed by atoms with Crippen molar-refractivity contribution in [3.8, 4) is 6.07 Å². The van der Waals surface area contributed by atoms with Gasteiger partial charge in [-0.1, -0.05) is 55.3 Å². The van der Waals surface area contributed by atoms with Gasteiger partial charge in [-0.2, -0.15) is 31.6 Å². The highest BCUT2D eigenvalue weighted by Gasteiger charge is 2.57. The fourth-order valence-electron chi connectivity index (χ4n) is 8.61. The zero-order valence-electron chi connectivity index (χ0n) is 37.4. The summed E-state index contributed by atoms with van der Waals surface area (Å²) in [5.74, 6) is -5.83. The van der Waals surface area contributed by atoms with Crippen molar-refractivity contribution >= 4 is 43.6 Å². The number of benzene rings is 4. The van der Waals surface area contributed by atoms with Gasteiger partial charge in [-0.15, -0.1) is 0 Å². The Kier molecular flexibility index (Phi) is 15.5. The predicted molar refractivity (Wildman–Crippen MR) is 238 cm³/mol. The van der Waals surface area contributed by atoms with E-state index in [-0.39, 0.29) is 75.4 Å². The lowest BCUT2D eigenvalue weighted by molar-refractivity contribution is -0.167. The third-order valence-corrected chi connectivity index (χ3v) is 13.7. The van der Waals surface area contributed by atoms with E-state index < -0.39 is 55.6 Å².